The molecular formula is C24H30ClN3O2S. The first kappa shape index (κ1) is 21.4. The Bertz CT molecular complexity index is 1030. The summed E-state index contributed by atoms with van der Waals surface area (Å²) in [6.07, 6.45) is 3.46. The van der Waals surface area contributed by atoms with Crippen LogP contribution in [0.15, 0.2) is 53.4 Å². The van der Waals surface area contributed by atoms with E-state index in [1.165, 1.54) is 17.5 Å². The highest BCUT2D eigenvalue weighted by Crippen LogP contribution is 2.37. The number of piperidine rings is 3. The van der Waals surface area contributed by atoms with E-state index in [4.69, 9.17) is 11.6 Å². The Balaban J connectivity index is 1.16. The van der Waals surface area contributed by atoms with Gasteiger partial charge in [0, 0.05) is 43.8 Å². The minimum Gasteiger partial charge on any atom is -0.299 e. The summed E-state index contributed by atoms with van der Waals surface area (Å²) in [5.74, 6) is 1.37. The molecule has 0 spiro atoms. The maximum absolute atomic E-state index is 12.6. The van der Waals surface area contributed by atoms with Crippen LogP contribution in [0.5, 0.6) is 0 Å². The third-order valence-corrected chi connectivity index (χ3v) is 9.04. The fourth-order valence-electron chi connectivity index (χ4n) is 5.61. The van der Waals surface area contributed by atoms with Crippen molar-refractivity contribution in [1.29, 1.82) is 0 Å². The van der Waals surface area contributed by atoms with Gasteiger partial charge in [0.25, 0.3) is 0 Å². The lowest BCUT2D eigenvalue weighted by Gasteiger charge is -2.51. The number of fused-ring (bicyclic) bond motifs is 4. The summed E-state index contributed by atoms with van der Waals surface area (Å²) < 4.78 is 28.1. The monoisotopic (exact) mass is 459 g/mol. The molecule has 0 radical (unpaired) electrons. The van der Waals surface area contributed by atoms with Gasteiger partial charge in [-0.25, -0.2) is 13.1 Å². The molecule has 5 nitrogen and oxygen atoms in total. The van der Waals surface area contributed by atoms with E-state index in [1.807, 2.05) is 0 Å². The lowest BCUT2D eigenvalue weighted by atomic mass is 9.75. The molecule has 2 aromatic carbocycles. The van der Waals surface area contributed by atoms with E-state index in [2.05, 4.69) is 38.8 Å². The van der Waals surface area contributed by atoms with Crippen LogP contribution in [-0.4, -0.2) is 57.0 Å². The lowest BCUT2D eigenvalue weighted by Crippen LogP contribution is -2.58. The zero-order valence-corrected chi connectivity index (χ0v) is 19.3. The zero-order chi connectivity index (χ0) is 21.4. The highest BCUT2D eigenvalue weighted by atomic mass is 35.5. The lowest BCUT2D eigenvalue weighted by molar-refractivity contribution is -0.0118. The Morgan fingerprint density at radius 1 is 1.03 bits per heavy atom. The van der Waals surface area contributed by atoms with Gasteiger partial charge in [-0.1, -0.05) is 35.9 Å². The Hall–Kier alpha value is -1.44. The van der Waals surface area contributed by atoms with Crippen LogP contribution in [-0.2, 0) is 23.0 Å². The molecule has 1 N–H and O–H groups in total. The molecule has 2 aromatic rings. The minimum absolute atomic E-state index is 0.274. The van der Waals surface area contributed by atoms with Gasteiger partial charge in [-0.3, -0.25) is 9.80 Å². The third-order valence-electron chi connectivity index (χ3n) is 7.35. The number of nitrogens with zero attached hydrogens (tertiary/aromatic N) is 2. The fraction of sp³-hybridized carbons (Fsp3) is 0.500. The topological polar surface area (TPSA) is 52.7 Å². The van der Waals surface area contributed by atoms with Gasteiger partial charge in [-0.2, -0.15) is 0 Å². The number of rotatable bonds is 6. The molecule has 0 aromatic heterocycles. The summed E-state index contributed by atoms with van der Waals surface area (Å²) in [7, 11) is -3.50. The summed E-state index contributed by atoms with van der Waals surface area (Å²) in [6.45, 7) is 5.99. The van der Waals surface area contributed by atoms with Crippen molar-refractivity contribution < 1.29 is 8.42 Å². The van der Waals surface area contributed by atoms with Crippen LogP contribution in [0, 0.1) is 11.8 Å². The van der Waals surface area contributed by atoms with Gasteiger partial charge in [-0.15, -0.1) is 0 Å². The van der Waals surface area contributed by atoms with E-state index in [9.17, 15) is 8.42 Å². The van der Waals surface area contributed by atoms with Crippen molar-refractivity contribution in [3.8, 4) is 0 Å². The van der Waals surface area contributed by atoms with Crippen LogP contribution in [0.3, 0.4) is 0 Å². The van der Waals surface area contributed by atoms with E-state index >= 15 is 0 Å². The predicted molar refractivity (Wildman–Crippen MR) is 124 cm³/mol. The second-order valence-corrected chi connectivity index (χ2v) is 11.5. The minimum atomic E-state index is -3.50. The van der Waals surface area contributed by atoms with Crippen molar-refractivity contribution in [2.45, 2.75) is 36.7 Å². The summed E-state index contributed by atoms with van der Waals surface area (Å²) in [5.41, 5.74) is 2.98. The fourth-order valence-corrected chi connectivity index (χ4v) is 6.81. The first-order chi connectivity index (χ1) is 15.0. The van der Waals surface area contributed by atoms with E-state index in [0.717, 1.165) is 45.6 Å². The quantitative estimate of drug-likeness (QED) is 0.719. The molecule has 0 aliphatic carbocycles. The highest BCUT2D eigenvalue weighted by Gasteiger charge is 2.41. The SMILES string of the molecule is O=S(=O)(NC[C@H]1C[C@@H]2CCN1C[C@@H]2CN1CCc2ccccc2C1)c1ccc(Cl)cc1. The van der Waals surface area contributed by atoms with Crippen molar-refractivity contribution in [2.24, 2.45) is 11.8 Å². The molecule has 3 fully saturated rings. The molecule has 0 amide bonds. The molecule has 4 aliphatic rings. The molecule has 4 heterocycles. The van der Waals surface area contributed by atoms with Gasteiger partial charge in [0.1, 0.15) is 0 Å². The second-order valence-electron chi connectivity index (χ2n) is 9.25. The molecule has 7 heteroatoms. The Morgan fingerprint density at radius 2 is 1.81 bits per heavy atom. The van der Waals surface area contributed by atoms with Gasteiger partial charge in [0.05, 0.1) is 4.90 Å². The molecule has 4 aliphatic heterocycles. The Morgan fingerprint density at radius 3 is 2.55 bits per heavy atom. The highest BCUT2D eigenvalue weighted by molar-refractivity contribution is 7.89. The molecule has 31 heavy (non-hydrogen) atoms. The first-order valence-electron chi connectivity index (χ1n) is 11.3. The van der Waals surface area contributed by atoms with Crippen molar-refractivity contribution in [2.75, 3.05) is 32.7 Å². The van der Waals surface area contributed by atoms with Gasteiger partial charge < -0.3 is 0 Å². The second kappa shape index (κ2) is 8.83. The Labute approximate surface area is 190 Å². The van der Waals surface area contributed by atoms with Crippen LogP contribution in [0.25, 0.3) is 0 Å². The number of halogens is 1. The van der Waals surface area contributed by atoms with Crippen molar-refractivity contribution in [1.82, 2.24) is 14.5 Å². The zero-order valence-electron chi connectivity index (χ0n) is 17.7. The normalized spacial score (nSPS) is 28.4. The van der Waals surface area contributed by atoms with Crippen molar-refractivity contribution >= 4 is 21.6 Å². The van der Waals surface area contributed by atoms with Gasteiger partial charge >= 0.3 is 0 Å². The number of nitrogens with one attached hydrogen (secondary N) is 1. The number of hydrogen-bond donors (Lipinski definition) is 1. The molecule has 2 bridgehead atoms. The van der Waals surface area contributed by atoms with Crippen LogP contribution >= 0.6 is 11.6 Å². The molecule has 0 saturated carbocycles. The van der Waals surface area contributed by atoms with E-state index in [1.54, 1.807) is 24.3 Å². The molecule has 4 atom stereocenters. The summed E-state index contributed by atoms with van der Waals surface area (Å²) in [5, 5.41) is 0.540. The molecule has 6 rings (SSSR count). The van der Waals surface area contributed by atoms with E-state index < -0.39 is 10.0 Å². The number of benzene rings is 2. The molecular weight excluding hydrogens is 430 g/mol. The van der Waals surface area contributed by atoms with E-state index in [-0.39, 0.29) is 4.90 Å². The predicted octanol–water partition coefficient (Wildman–Crippen LogP) is 3.39. The number of hydrogen-bond acceptors (Lipinski definition) is 4. The van der Waals surface area contributed by atoms with Gasteiger partial charge in [0.2, 0.25) is 10.0 Å². The maximum Gasteiger partial charge on any atom is 0.240 e. The maximum atomic E-state index is 12.6. The van der Waals surface area contributed by atoms with Crippen LogP contribution in [0.4, 0.5) is 0 Å². The standard InChI is InChI=1S/C24H30ClN3O2S/c25-22-5-7-24(8-6-22)31(29,30)26-14-23-13-19-10-12-28(23)17-21(19)16-27-11-9-18-3-1-2-4-20(18)15-27/h1-8,19,21,23,26H,9-17H2/t19-,21-,23+/m0/s1. The van der Waals surface area contributed by atoms with Gasteiger partial charge in [-0.05, 0) is 73.0 Å². The third kappa shape index (κ3) is 4.69. The van der Waals surface area contributed by atoms with Crippen molar-refractivity contribution in [3.63, 3.8) is 0 Å². The summed E-state index contributed by atoms with van der Waals surface area (Å²) in [6, 6.07) is 15.5. The first-order valence-corrected chi connectivity index (χ1v) is 13.1. The van der Waals surface area contributed by atoms with Gasteiger partial charge in [0.15, 0.2) is 0 Å². The molecule has 1 unspecified atom stereocenters. The number of sulfonamides is 1. The van der Waals surface area contributed by atoms with Crippen LogP contribution in [0.1, 0.15) is 24.0 Å². The molecule has 3 saturated heterocycles. The smallest absolute Gasteiger partial charge is 0.240 e. The largest absolute Gasteiger partial charge is 0.299 e. The Kier molecular flexibility index (Phi) is 6.10. The summed E-state index contributed by atoms with van der Waals surface area (Å²) >= 11 is 5.89. The van der Waals surface area contributed by atoms with Crippen LogP contribution in [0.2, 0.25) is 5.02 Å². The van der Waals surface area contributed by atoms with Crippen LogP contribution < -0.4 is 4.72 Å². The van der Waals surface area contributed by atoms with E-state index in [0.29, 0.717) is 29.4 Å². The summed E-state index contributed by atoms with van der Waals surface area (Å²) in [4.78, 5) is 5.40. The average molecular weight is 460 g/mol. The average Bonchev–Trinajstić information content (AvgIpc) is 2.79. The van der Waals surface area contributed by atoms with Crippen molar-refractivity contribution in [3.05, 3.63) is 64.7 Å². The molecule has 166 valence electrons.